The number of hydrogen-bond donors (Lipinski definition) is 0. The van der Waals surface area contributed by atoms with Gasteiger partial charge in [-0.15, -0.1) is 0 Å². The van der Waals surface area contributed by atoms with Crippen LogP contribution in [-0.2, 0) is 0 Å². The van der Waals surface area contributed by atoms with Gasteiger partial charge in [-0.1, -0.05) is 152 Å². The van der Waals surface area contributed by atoms with Crippen molar-refractivity contribution >= 4 is 54.6 Å². The molecular formula is C56H36N4. The molecule has 9 aromatic carbocycles. The molecular weight excluding hydrogens is 729 g/mol. The average molecular weight is 765 g/mol. The lowest BCUT2D eigenvalue weighted by Gasteiger charge is -2.14. The highest BCUT2D eigenvalue weighted by molar-refractivity contribution is 6.29. The Morgan fingerprint density at radius 2 is 0.683 bits per heavy atom. The summed E-state index contributed by atoms with van der Waals surface area (Å²) in [5.41, 5.74) is 17.1. The molecule has 0 radical (unpaired) electrons. The Bertz CT molecular complexity index is 3530. The fraction of sp³-hybridized carbons (Fsp3) is 0. The van der Waals surface area contributed by atoms with Gasteiger partial charge in [0, 0.05) is 44.0 Å². The third-order valence-electron chi connectivity index (χ3n) is 11.9. The predicted octanol–water partition coefficient (Wildman–Crippen LogP) is 14.5. The summed E-state index contributed by atoms with van der Waals surface area (Å²) in [5.74, 6) is 0. The smallest absolute Gasteiger partial charge is 0.0973 e. The molecule has 12 rings (SSSR count). The molecule has 280 valence electrons. The Morgan fingerprint density at radius 3 is 1.23 bits per heavy atom. The fourth-order valence-corrected chi connectivity index (χ4v) is 9.20. The molecule has 0 aliphatic heterocycles. The molecule has 4 heteroatoms. The molecule has 0 aliphatic rings. The van der Waals surface area contributed by atoms with Crippen LogP contribution in [0.25, 0.3) is 111 Å². The lowest BCUT2D eigenvalue weighted by Crippen LogP contribution is -1.98. The molecule has 0 amide bonds. The molecule has 4 nitrogen and oxygen atoms in total. The maximum absolute atomic E-state index is 5.25. The summed E-state index contributed by atoms with van der Waals surface area (Å²) in [7, 11) is 0. The van der Waals surface area contributed by atoms with Crippen LogP contribution < -0.4 is 0 Å². The van der Waals surface area contributed by atoms with E-state index in [4.69, 9.17) is 9.97 Å². The van der Waals surface area contributed by atoms with Crippen LogP contribution >= 0.6 is 0 Å². The second-order valence-electron chi connectivity index (χ2n) is 15.4. The van der Waals surface area contributed by atoms with Crippen LogP contribution in [0.2, 0.25) is 0 Å². The van der Waals surface area contributed by atoms with Crippen molar-refractivity contribution in [1.29, 1.82) is 0 Å². The van der Waals surface area contributed by atoms with Gasteiger partial charge >= 0.3 is 0 Å². The maximum Gasteiger partial charge on any atom is 0.0973 e. The van der Waals surface area contributed by atoms with Crippen molar-refractivity contribution in [1.82, 2.24) is 19.1 Å². The number of benzene rings is 9. The van der Waals surface area contributed by atoms with Crippen LogP contribution in [0, 0.1) is 0 Å². The molecule has 0 spiro atoms. The number of fused-ring (bicyclic) bond motifs is 8. The number of para-hydroxylation sites is 4. The third kappa shape index (κ3) is 5.46. The van der Waals surface area contributed by atoms with Crippen molar-refractivity contribution in [2.24, 2.45) is 0 Å². The third-order valence-corrected chi connectivity index (χ3v) is 11.9. The van der Waals surface area contributed by atoms with Crippen molar-refractivity contribution in [2.45, 2.75) is 0 Å². The molecule has 0 aliphatic carbocycles. The van der Waals surface area contributed by atoms with Gasteiger partial charge in [0.15, 0.2) is 0 Å². The second kappa shape index (κ2) is 13.8. The van der Waals surface area contributed by atoms with Gasteiger partial charge in [-0.05, 0) is 89.0 Å². The minimum Gasteiger partial charge on any atom is -0.309 e. The lowest BCUT2D eigenvalue weighted by molar-refractivity contribution is 1.17. The van der Waals surface area contributed by atoms with E-state index in [0.717, 1.165) is 56.0 Å². The van der Waals surface area contributed by atoms with Gasteiger partial charge in [-0.3, -0.25) is 0 Å². The van der Waals surface area contributed by atoms with Crippen LogP contribution in [0.1, 0.15) is 0 Å². The summed E-state index contributed by atoms with van der Waals surface area (Å²) in [6, 6.07) is 78.0. The zero-order valence-electron chi connectivity index (χ0n) is 32.6. The summed E-state index contributed by atoms with van der Waals surface area (Å²) in [4.78, 5) is 10.4. The van der Waals surface area contributed by atoms with Crippen LogP contribution in [0.3, 0.4) is 0 Å². The van der Waals surface area contributed by atoms with E-state index < -0.39 is 0 Å². The Kier molecular flexibility index (Phi) is 7.82. The van der Waals surface area contributed by atoms with E-state index in [1.54, 1.807) is 0 Å². The first-order valence-electron chi connectivity index (χ1n) is 20.4. The van der Waals surface area contributed by atoms with E-state index in [0.29, 0.717) is 0 Å². The molecule has 12 aromatic rings. The average Bonchev–Trinajstić information content (AvgIpc) is 3.85. The van der Waals surface area contributed by atoms with Crippen LogP contribution in [-0.4, -0.2) is 19.1 Å². The van der Waals surface area contributed by atoms with Gasteiger partial charge in [-0.2, -0.15) is 0 Å². The zero-order valence-corrected chi connectivity index (χ0v) is 32.6. The van der Waals surface area contributed by atoms with Crippen molar-refractivity contribution in [3.63, 3.8) is 0 Å². The van der Waals surface area contributed by atoms with Crippen LogP contribution in [0.4, 0.5) is 0 Å². The highest BCUT2D eigenvalue weighted by atomic mass is 15.0. The van der Waals surface area contributed by atoms with E-state index in [9.17, 15) is 0 Å². The molecule has 3 heterocycles. The van der Waals surface area contributed by atoms with E-state index >= 15 is 0 Å². The summed E-state index contributed by atoms with van der Waals surface area (Å²) in [6.45, 7) is 0. The monoisotopic (exact) mass is 764 g/mol. The number of aromatic nitrogens is 4. The number of nitrogens with zero attached hydrogens (tertiary/aromatic N) is 4. The SMILES string of the molecule is c1ccc(-c2cc(-c3ccccc3)cc(-n3c4ccccc4c4c5c6ccccc6n(-c6cccc(-c7nc8ccccc8nc7-c7ccccc7)c6)c5ccc43)c2)cc1. The fourth-order valence-electron chi connectivity index (χ4n) is 9.20. The van der Waals surface area contributed by atoms with Gasteiger partial charge in [0.25, 0.3) is 0 Å². The van der Waals surface area contributed by atoms with E-state index in [1.165, 1.54) is 54.8 Å². The summed E-state index contributed by atoms with van der Waals surface area (Å²) >= 11 is 0. The van der Waals surface area contributed by atoms with Gasteiger partial charge < -0.3 is 9.13 Å². The van der Waals surface area contributed by atoms with Crippen molar-refractivity contribution < 1.29 is 0 Å². The highest BCUT2D eigenvalue weighted by Gasteiger charge is 2.22. The molecule has 0 N–H and O–H groups in total. The molecule has 0 fully saturated rings. The van der Waals surface area contributed by atoms with E-state index in [-0.39, 0.29) is 0 Å². The van der Waals surface area contributed by atoms with Crippen LogP contribution in [0.5, 0.6) is 0 Å². The normalized spacial score (nSPS) is 11.7. The minimum atomic E-state index is 0.862. The van der Waals surface area contributed by atoms with E-state index in [1.807, 2.05) is 30.3 Å². The number of hydrogen-bond acceptors (Lipinski definition) is 2. The Balaban J connectivity index is 1.11. The van der Waals surface area contributed by atoms with Gasteiger partial charge in [0.05, 0.1) is 44.5 Å². The standard InChI is InChI=1S/C56H36N4/c1-4-17-37(18-5-1)41-33-42(38-19-6-2-7-20-38)36-44(35-41)60-50-30-15-11-26-46(50)54-52(60)32-31-51-53(54)45-25-10-14-29-49(45)59(51)43-24-16-23-40(34-43)56-55(39-21-8-3-9-22-39)57-47-27-12-13-28-48(47)58-56/h1-36H. The molecule has 0 atom stereocenters. The second-order valence-corrected chi connectivity index (χ2v) is 15.4. The first-order chi connectivity index (χ1) is 29.8. The van der Waals surface area contributed by atoms with Crippen molar-refractivity contribution in [2.75, 3.05) is 0 Å². The largest absolute Gasteiger partial charge is 0.309 e. The molecule has 0 unspecified atom stereocenters. The van der Waals surface area contributed by atoms with Gasteiger partial charge in [0.2, 0.25) is 0 Å². The topological polar surface area (TPSA) is 35.6 Å². The molecule has 0 saturated heterocycles. The van der Waals surface area contributed by atoms with Gasteiger partial charge in [0.1, 0.15) is 0 Å². The molecule has 3 aromatic heterocycles. The predicted molar refractivity (Wildman–Crippen MR) is 250 cm³/mol. The molecule has 0 saturated carbocycles. The van der Waals surface area contributed by atoms with Crippen LogP contribution in [0.15, 0.2) is 218 Å². The van der Waals surface area contributed by atoms with Crippen molar-refractivity contribution in [3.05, 3.63) is 218 Å². The summed E-state index contributed by atoms with van der Waals surface area (Å²) in [6.07, 6.45) is 0. The molecule has 0 bridgehead atoms. The highest BCUT2D eigenvalue weighted by Crippen LogP contribution is 2.44. The quantitative estimate of drug-likeness (QED) is 0.169. The van der Waals surface area contributed by atoms with Crippen molar-refractivity contribution in [3.8, 4) is 56.1 Å². The molecule has 60 heavy (non-hydrogen) atoms. The first kappa shape index (κ1) is 34.0. The van der Waals surface area contributed by atoms with E-state index in [2.05, 4.69) is 197 Å². The summed E-state index contributed by atoms with van der Waals surface area (Å²) < 4.78 is 4.87. The number of rotatable bonds is 6. The zero-order chi connectivity index (χ0) is 39.6. The maximum atomic E-state index is 5.25. The summed E-state index contributed by atoms with van der Waals surface area (Å²) in [5, 5.41) is 4.92. The Labute approximate surface area is 346 Å². The first-order valence-corrected chi connectivity index (χ1v) is 20.4. The Hall–Kier alpha value is -8.08. The lowest BCUT2D eigenvalue weighted by atomic mass is 9.98. The minimum absolute atomic E-state index is 0.862. The Morgan fingerprint density at radius 1 is 0.267 bits per heavy atom. The van der Waals surface area contributed by atoms with Gasteiger partial charge in [-0.25, -0.2) is 9.97 Å².